The number of thioether (sulfide) groups is 1. The maximum Gasteiger partial charge on any atom is 0.306 e. The molecule has 5 aromatic rings. The second-order valence-electron chi connectivity index (χ2n) is 18.5. The number of H-pyrrole nitrogens is 1. The molecule has 354 valence electrons. The van der Waals surface area contributed by atoms with Gasteiger partial charge in [-0.3, -0.25) is 29.1 Å². The third-order valence-corrected chi connectivity index (χ3v) is 14.6. The lowest BCUT2D eigenvalue weighted by Gasteiger charge is -2.35. The molecule has 0 spiro atoms. The quantitative estimate of drug-likeness (QED) is 0.0992. The van der Waals surface area contributed by atoms with Crippen LogP contribution in [0.3, 0.4) is 0 Å². The van der Waals surface area contributed by atoms with Crippen molar-refractivity contribution in [3.63, 3.8) is 0 Å². The number of allylic oxidation sites excluding steroid dienone is 1. The first-order chi connectivity index (χ1) is 33.0. The molecule has 2 unspecified atom stereocenters. The Bertz CT molecular complexity index is 2590. The van der Waals surface area contributed by atoms with Gasteiger partial charge in [0, 0.05) is 43.1 Å². The van der Waals surface area contributed by atoms with Crippen LogP contribution in [0.1, 0.15) is 103 Å². The van der Waals surface area contributed by atoms with Crippen LogP contribution in [0, 0.1) is 13.8 Å². The van der Waals surface area contributed by atoms with E-state index in [-0.39, 0.29) is 41.6 Å². The first-order valence-electron chi connectivity index (χ1n) is 23.8. The number of amides is 3. The molecule has 3 fully saturated rings. The van der Waals surface area contributed by atoms with Crippen molar-refractivity contribution in [2.75, 3.05) is 33.5 Å². The predicted molar refractivity (Wildman–Crippen MR) is 270 cm³/mol. The molecule has 4 aliphatic rings. The van der Waals surface area contributed by atoms with E-state index < -0.39 is 17.9 Å². The average molecular weight is 934 g/mol. The summed E-state index contributed by atoms with van der Waals surface area (Å²) >= 11 is 1.78. The van der Waals surface area contributed by atoms with Crippen LogP contribution in [-0.2, 0) is 23.9 Å². The molecule has 1 aliphatic carbocycles. The number of rotatable bonds is 15. The van der Waals surface area contributed by atoms with Crippen molar-refractivity contribution >= 4 is 46.7 Å². The summed E-state index contributed by atoms with van der Waals surface area (Å²) < 4.78 is 4.86. The van der Waals surface area contributed by atoms with Crippen molar-refractivity contribution in [3.8, 4) is 11.3 Å². The second-order valence-corrected chi connectivity index (χ2v) is 19.7. The lowest BCUT2D eigenvalue weighted by molar-refractivity contribution is -0.145. The highest BCUT2D eigenvalue weighted by molar-refractivity contribution is 8.00. The topological polar surface area (TPSA) is 140 Å². The van der Waals surface area contributed by atoms with E-state index in [0.29, 0.717) is 25.4 Å². The molecule has 4 heterocycles. The largest absolute Gasteiger partial charge is 0.469 e. The highest BCUT2D eigenvalue weighted by Gasteiger charge is 2.44. The Labute approximate surface area is 404 Å². The Hall–Kier alpha value is -6.31. The molecular weight excluding hydrogens is 871 g/mol. The van der Waals surface area contributed by atoms with E-state index in [0.717, 1.165) is 71.8 Å². The van der Waals surface area contributed by atoms with Crippen LogP contribution >= 0.6 is 11.8 Å². The molecule has 13 heteroatoms. The summed E-state index contributed by atoms with van der Waals surface area (Å²) in [5, 5.41) is 3.04. The van der Waals surface area contributed by atoms with Crippen LogP contribution in [0.4, 0.5) is 0 Å². The van der Waals surface area contributed by atoms with Gasteiger partial charge >= 0.3 is 5.97 Å². The summed E-state index contributed by atoms with van der Waals surface area (Å²) in [5.74, 6) is 0.721. The normalized spacial score (nSPS) is 19.7. The number of methoxy groups -OCH3 is 1. The summed E-state index contributed by atoms with van der Waals surface area (Å²) in [6.45, 7) is 4.79. The van der Waals surface area contributed by atoms with Crippen LogP contribution in [0.15, 0.2) is 127 Å². The van der Waals surface area contributed by atoms with E-state index in [1.54, 1.807) is 11.8 Å². The van der Waals surface area contributed by atoms with Crippen molar-refractivity contribution in [1.82, 2.24) is 30.0 Å². The lowest BCUT2D eigenvalue weighted by atomic mass is 9.94. The van der Waals surface area contributed by atoms with Gasteiger partial charge in [-0.05, 0) is 87.9 Å². The van der Waals surface area contributed by atoms with Gasteiger partial charge in [0.2, 0.25) is 17.7 Å². The monoisotopic (exact) mass is 933 g/mol. The number of likely N-dealkylation sites (tertiary alicyclic amines) is 1. The van der Waals surface area contributed by atoms with Crippen LogP contribution in [0.25, 0.3) is 16.8 Å². The fraction of sp³-hybridized carbons (Fsp3) is 0.382. The number of imidazole rings is 1. The number of aromatic nitrogens is 2. The molecule has 1 aromatic heterocycles. The number of likely N-dealkylation sites (N-methyl/N-ethyl adjacent to an activating group) is 1. The molecule has 3 aliphatic heterocycles. The number of carbonyl (C=O) groups is 4. The van der Waals surface area contributed by atoms with Gasteiger partial charge < -0.3 is 24.8 Å². The van der Waals surface area contributed by atoms with Gasteiger partial charge in [0.15, 0.2) is 0 Å². The second kappa shape index (κ2) is 22.2. The van der Waals surface area contributed by atoms with Gasteiger partial charge in [0.25, 0.3) is 0 Å². The van der Waals surface area contributed by atoms with Gasteiger partial charge in [-0.15, -0.1) is 11.8 Å². The highest BCUT2D eigenvalue weighted by atomic mass is 32.2. The number of ether oxygens (including phenoxy) is 1. The Morgan fingerprint density at radius 3 is 2.10 bits per heavy atom. The van der Waals surface area contributed by atoms with Crippen molar-refractivity contribution in [2.45, 2.75) is 101 Å². The molecule has 2 saturated heterocycles. The number of esters is 1. The molecule has 5 atom stereocenters. The Morgan fingerprint density at radius 2 is 1.47 bits per heavy atom. The number of aromatic amines is 1. The summed E-state index contributed by atoms with van der Waals surface area (Å²) in [4.78, 5) is 71.1. The van der Waals surface area contributed by atoms with E-state index in [2.05, 4.69) is 77.7 Å². The molecule has 68 heavy (non-hydrogen) atoms. The Kier molecular flexibility index (Phi) is 15.7. The zero-order valence-electron chi connectivity index (χ0n) is 39.8. The third-order valence-electron chi connectivity index (χ3n) is 13.2. The minimum Gasteiger partial charge on any atom is -0.469 e. The van der Waals surface area contributed by atoms with Gasteiger partial charge in [0.1, 0.15) is 11.9 Å². The highest BCUT2D eigenvalue weighted by Crippen LogP contribution is 2.40. The summed E-state index contributed by atoms with van der Waals surface area (Å²) in [5.41, 5.74) is 9.63. The Balaban J connectivity index is 0.000000187. The molecule has 2 N–H and O–H groups in total. The molecule has 0 radical (unpaired) electrons. The number of carbonyl (C=O) groups excluding carboxylic acids is 4. The minimum atomic E-state index is -0.569. The van der Waals surface area contributed by atoms with Crippen molar-refractivity contribution in [3.05, 3.63) is 155 Å². The van der Waals surface area contributed by atoms with Gasteiger partial charge in [0.05, 0.1) is 48.8 Å². The van der Waals surface area contributed by atoms with Crippen molar-refractivity contribution in [1.29, 1.82) is 0 Å². The number of benzene rings is 4. The van der Waals surface area contributed by atoms with Crippen LogP contribution < -0.4 is 5.32 Å². The molecule has 9 rings (SSSR count). The number of hydrogen-bond donors (Lipinski definition) is 2. The van der Waals surface area contributed by atoms with Gasteiger partial charge in [-0.2, -0.15) is 0 Å². The zero-order chi connectivity index (χ0) is 47.7. The van der Waals surface area contributed by atoms with Gasteiger partial charge in [-0.1, -0.05) is 120 Å². The first-order valence-corrected chi connectivity index (χ1v) is 24.8. The fourth-order valence-corrected chi connectivity index (χ4v) is 10.8. The third kappa shape index (κ3) is 11.7. The fourth-order valence-electron chi connectivity index (χ4n) is 9.34. The molecular formula is C55H63N7O5S. The first kappa shape index (κ1) is 48.2. The molecule has 3 amide bonds. The standard InChI is InChI=1S/C30H36N4O2S.C25H27N3O3/c1-20-9-11-21(12-10-20)23-17-25(31-18-23)26-19-37-28(16-15-27(35)32-24-13-14-24)34(26)30(36)29(33(2)3)22-7-5-4-6-8-22;1-17-10-12-19(13-11-17)21-16-26-24(27-21)22-9-6-14-28(22)25(30)20(15-23(29)31-2)18-7-4-3-5-8-18/h4-12,18,24,26,28-29H,13-17,19H2,1-3H3,(H,32,35);3-5,7-8,10-13,16,20,22H,6,9,14-15H2,1-2H3,(H,26,27)/t26-,28?,29?;20-,22+/m01/s1. The summed E-state index contributed by atoms with van der Waals surface area (Å²) in [6.07, 6.45) is 9.52. The molecule has 1 saturated carbocycles. The van der Waals surface area contributed by atoms with E-state index in [9.17, 15) is 19.2 Å². The maximum absolute atomic E-state index is 14.3. The van der Waals surface area contributed by atoms with Crippen LogP contribution in [-0.4, -0.2) is 105 Å². The molecule has 0 bridgehead atoms. The number of hydrogen-bond acceptors (Lipinski definition) is 9. The lowest BCUT2D eigenvalue weighted by Crippen LogP contribution is -2.50. The van der Waals surface area contributed by atoms with Crippen LogP contribution in [0.5, 0.6) is 0 Å². The SMILES string of the molecule is COC(=O)C[C@@H](C(=O)N1CCC[C@H]1c1ncc(-c2ccc(C)cc2)[nH]1)c1ccccc1.Cc1ccc(C2=CN=C([C@@H]3CSC(CCC(=O)NC4CC4)N3C(=O)C(c3ccccc3)N(C)C)C2)cc1. The molecule has 4 aromatic carbocycles. The number of aryl methyl sites for hydroxylation is 2. The zero-order valence-corrected chi connectivity index (χ0v) is 40.6. The van der Waals surface area contributed by atoms with E-state index in [1.807, 2.05) is 102 Å². The smallest absolute Gasteiger partial charge is 0.306 e. The number of nitrogens with one attached hydrogen (secondary N) is 2. The molecule has 12 nitrogen and oxygen atoms in total. The predicted octanol–water partition coefficient (Wildman–Crippen LogP) is 9.21. The van der Waals surface area contributed by atoms with Crippen molar-refractivity contribution in [2.24, 2.45) is 4.99 Å². The number of aliphatic imine (C=N–C) groups is 1. The summed E-state index contributed by atoms with van der Waals surface area (Å²) in [6, 6.07) is 36.0. The van der Waals surface area contributed by atoms with Gasteiger partial charge in [-0.25, -0.2) is 4.98 Å². The maximum atomic E-state index is 14.3. The van der Waals surface area contributed by atoms with E-state index >= 15 is 0 Å². The minimum absolute atomic E-state index is 0.0232. The van der Waals surface area contributed by atoms with E-state index in [1.165, 1.54) is 29.4 Å². The average Bonchev–Trinajstić information content (AvgIpc) is 3.82. The number of nitrogens with zero attached hydrogens (tertiary/aromatic N) is 5. The van der Waals surface area contributed by atoms with E-state index in [4.69, 9.17) is 9.73 Å². The summed E-state index contributed by atoms with van der Waals surface area (Å²) in [7, 11) is 5.26. The van der Waals surface area contributed by atoms with Crippen molar-refractivity contribution < 1.29 is 23.9 Å². The Morgan fingerprint density at radius 1 is 0.824 bits per heavy atom. The van der Waals surface area contributed by atoms with Crippen LogP contribution in [0.2, 0.25) is 0 Å².